The molecular formula is C18H21ClN2O5S. The normalized spacial score (nSPS) is 16.4. The molecule has 0 atom stereocenters. The topological polar surface area (TPSA) is 89.7 Å². The molecule has 1 saturated heterocycles. The Bertz CT molecular complexity index is 896. The van der Waals surface area contributed by atoms with E-state index >= 15 is 0 Å². The third-order valence-corrected chi connectivity index (χ3v) is 6.81. The van der Waals surface area contributed by atoms with Crippen LogP contribution >= 0.6 is 11.6 Å². The van der Waals surface area contributed by atoms with Gasteiger partial charge in [-0.1, -0.05) is 11.6 Å². The number of carbonyl (C=O) groups is 1. The van der Waals surface area contributed by atoms with E-state index in [2.05, 4.69) is 4.98 Å². The number of aryl methyl sites for hydroxylation is 2. The Kier molecular flexibility index (Phi) is 5.88. The molecule has 0 spiro atoms. The van der Waals surface area contributed by atoms with Crippen LogP contribution in [0.5, 0.6) is 0 Å². The molecule has 0 saturated carbocycles. The lowest BCUT2D eigenvalue weighted by Crippen LogP contribution is -2.40. The van der Waals surface area contributed by atoms with Crippen molar-refractivity contribution >= 4 is 27.6 Å². The summed E-state index contributed by atoms with van der Waals surface area (Å²) in [5, 5.41) is 0.479. The second-order valence-corrected chi connectivity index (χ2v) is 8.86. The lowest BCUT2D eigenvalue weighted by molar-refractivity contribution is -0.151. The second-order valence-electron chi connectivity index (χ2n) is 6.49. The van der Waals surface area contributed by atoms with Crippen LogP contribution in [-0.4, -0.2) is 36.8 Å². The lowest BCUT2D eigenvalue weighted by atomic mass is 9.98. The van der Waals surface area contributed by atoms with E-state index in [4.69, 9.17) is 20.8 Å². The number of carbonyl (C=O) groups excluding carboxylic acids is 1. The molecule has 1 aliphatic rings. The van der Waals surface area contributed by atoms with Crippen molar-refractivity contribution in [2.24, 2.45) is 5.92 Å². The molecule has 0 radical (unpaired) electrons. The first-order valence-electron chi connectivity index (χ1n) is 8.62. The van der Waals surface area contributed by atoms with E-state index < -0.39 is 10.0 Å². The summed E-state index contributed by atoms with van der Waals surface area (Å²) in [6, 6.07) is 6.06. The molecular weight excluding hydrogens is 392 g/mol. The maximum atomic E-state index is 12.7. The van der Waals surface area contributed by atoms with E-state index in [1.54, 1.807) is 19.1 Å². The zero-order valence-electron chi connectivity index (χ0n) is 15.1. The van der Waals surface area contributed by atoms with Gasteiger partial charge in [-0.15, -0.1) is 0 Å². The number of nitrogens with zero attached hydrogens (tertiary/aromatic N) is 2. The van der Waals surface area contributed by atoms with Crippen LogP contribution < -0.4 is 0 Å². The lowest BCUT2D eigenvalue weighted by Gasteiger charge is -2.30. The fraction of sp³-hybridized carbons (Fsp3) is 0.444. The van der Waals surface area contributed by atoms with Gasteiger partial charge >= 0.3 is 5.97 Å². The molecule has 3 rings (SSSR count). The first-order chi connectivity index (χ1) is 12.8. The number of benzene rings is 1. The molecule has 7 nitrogen and oxygen atoms in total. The van der Waals surface area contributed by atoms with Crippen LogP contribution in [-0.2, 0) is 26.2 Å². The van der Waals surface area contributed by atoms with Crippen LogP contribution in [0.3, 0.4) is 0 Å². The van der Waals surface area contributed by atoms with Gasteiger partial charge in [-0.25, -0.2) is 13.4 Å². The van der Waals surface area contributed by atoms with Crippen LogP contribution in [0.15, 0.2) is 33.6 Å². The van der Waals surface area contributed by atoms with Crippen molar-refractivity contribution in [3.05, 3.63) is 46.6 Å². The van der Waals surface area contributed by atoms with Crippen molar-refractivity contribution in [2.75, 3.05) is 13.1 Å². The quantitative estimate of drug-likeness (QED) is 0.701. The van der Waals surface area contributed by atoms with Crippen molar-refractivity contribution in [3.8, 4) is 0 Å². The zero-order chi connectivity index (χ0) is 19.6. The molecule has 9 heteroatoms. The summed E-state index contributed by atoms with van der Waals surface area (Å²) in [6.45, 7) is 4.13. The minimum absolute atomic E-state index is 0.0171. The van der Waals surface area contributed by atoms with Crippen molar-refractivity contribution in [1.82, 2.24) is 9.29 Å². The average Bonchev–Trinajstić information content (AvgIpc) is 2.98. The third-order valence-electron chi connectivity index (χ3n) is 4.65. The molecule has 1 fully saturated rings. The molecule has 1 aliphatic heterocycles. The summed E-state index contributed by atoms with van der Waals surface area (Å²) < 4.78 is 37.4. The van der Waals surface area contributed by atoms with Crippen LogP contribution in [0.2, 0.25) is 5.02 Å². The summed E-state index contributed by atoms with van der Waals surface area (Å²) in [7, 11) is -3.59. The molecule has 27 heavy (non-hydrogen) atoms. The summed E-state index contributed by atoms with van der Waals surface area (Å²) in [6.07, 6.45) is 0.824. The van der Waals surface area contributed by atoms with E-state index in [-0.39, 0.29) is 36.5 Å². The zero-order valence-corrected chi connectivity index (χ0v) is 16.7. The SMILES string of the molecule is Cc1nc(COC(=O)C2CCN(S(=O)(=O)c3ccc(Cl)cc3)CC2)oc1C. The van der Waals surface area contributed by atoms with Crippen molar-refractivity contribution in [2.45, 2.75) is 38.2 Å². The van der Waals surface area contributed by atoms with E-state index in [1.807, 2.05) is 6.92 Å². The maximum absolute atomic E-state index is 12.7. The Hall–Kier alpha value is -1.90. The van der Waals surface area contributed by atoms with Crippen molar-refractivity contribution in [1.29, 1.82) is 0 Å². The van der Waals surface area contributed by atoms with Crippen molar-refractivity contribution in [3.63, 3.8) is 0 Å². The van der Waals surface area contributed by atoms with Gasteiger partial charge in [0.25, 0.3) is 0 Å². The summed E-state index contributed by atoms with van der Waals surface area (Å²) in [5.41, 5.74) is 0.766. The average molecular weight is 413 g/mol. The fourth-order valence-corrected chi connectivity index (χ4v) is 4.53. The minimum Gasteiger partial charge on any atom is -0.455 e. The Morgan fingerprint density at radius 1 is 1.26 bits per heavy atom. The Labute approximate surface area is 163 Å². The fourth-order valence-electron chi connectivity index (χ4n) is 2.94. The van der Waals surface area contributed by atoms with Gasteiger partial charge < -0.3 is 9.15 Å². The highest BCUT2D eigenvalue weighted by Gasteiger charge is 2.33. The van der Waals surface area contributed by atoms with Crippen LogP contribution in [0, 0.1) is 19.8 Å². The largest absolute Gasteiger partial charge is 0.455 e. The number of piperidine rings is 1. The van der Waals surface area contributed by atoms with Gasteiger partial charge in [0.2, 0.25) is 15.9 Å². The number of aromatic nitrogens is 1. The highest BCUT2D eigenvalue weighted by molar-refractivity contribution is 7.89. The molecule has 1 aromatic carbocycles. The Morgan fingerprint density at radius 2 is 1.89 bits per heavy atom. The number of esters is 1. The highest BCUT2D eigenvalue weighted by Crippen LogP contribution is 2.25. The second kappa shape index (κ2) is 8.00. The molecule has 0 amide bonds. The molecule has 0 bridgehead atoms. The highest BCUT2D eigenvalue weighted by atomic mass is 35.5. The minimum atomic E-state index is -3.59. The Morgan fingerprint density at radius 3 is 2.44 bits per heavy atom. The summed E-state index contributed by atoms with van der Waals surface area (Å²) >= 11 is 5.81. The van der Waals surface area contributed by atoms with Gasteiger partial charge in [0.05, 0.1) is 16.5 Å². The molecule has 1 aromatic heterocycles. The van der Waals surface area contributed by atoms with E-state index in [9.17, 15) is 13.2 Å². The van der Waals surface area contributed by atoms with Gasteiger partial charge in [0.1, 0.15) is 5.76 Å². The standard InChI is InChI=1S/C18H21ClN2O5S/c1-12-13(2)26-17(20-12)11-25-18(22)14-7-9-21(10-8-14)27(23,24)16-5-3-15(19)4-6-16/h3-6,14H,7-11H2,1-2H3. The third kappa shape index (κ3) is 4.51. The van der Waals surface area contributed by atoms with Crippen LogP contribution in [0.4, 0.5) is 0 Å². The van der Waals surface area contributed by atoms with E-state index in [0.29, 0.717) is 29.5 Å². The van der Waals surface area contributed by atoms with Gasteiger partial charge in [0, 0.05) is 18.1 Å². The maximum Gasteiger partial charge on any atom is 0.309 e. The number of rotatable bonds is 5. The van der Waals surface area contributed by atoms with Gasteiger partial charge in [0.15, 0.2) is 6.61 Å². The van der Waals surface area contributed by atoms with Crippen LogP contribution in [0.1, 0.15) is 30.2 Å². The molecule has 2 aromatic rings. The van der Waals surface area contributed by atoms with Gasteiger partial charge in [-0.3, -0.25) is 4.79 Å². The number of oxazole rings is 1. The Balaban J connectivity index is 1.54. The molecule has 0 unspecified atom stereocenters. The van der Waals surface area contributed by atoms with Crippen molar-refractivity contribution < 1.29 is 22.4 Å². The van der Waals surface area contributed by atoms with E-state index in [1.165, 1.54) is 16.4 Å². The summed E-state index contributed by atoms with van der Waals surface area (Å²) in [4.78, 5) is 16.6. The summed E-state index contributed by atoms with van der Waals surface area (Å²) in [5.74, 6) is 0.369. The van der Waals surface area contributed by atoms with Gasteiger partial charge in [-0.05, 0) is 51.0 Å². The molecule has 2 heterocycles. The smallest absolute Gasteiger partial charge is 0.309 e. The number of sulfonamides is 1. The predicted octanol–water partition coefficient (Wildman–Crippen LogP) is 3.09. The van der Waals surface area contributed by atoms with Crippen LogP contribution in [0.25, 0.3) is 0 Å². The van der Waals surface area contributed by atoms with E-state index in [0.717, 1.165) is 5.69 Å². The molecule has 146 valence electrons. The number of ether oxygens (including phenoxy) is 1. The number of hydrogen-bond donors (Lipinski definition) is 0. The first-order valence-corrected chi connectivity index (χ1v) is 10.4. The first kappa shape index (κ1) is 19.9. The number of halogens is 1. The molecule has 0 N–H and O–H groups in total. The molecule has 0 aliphatic carbocycles. The predicted molar refractivity (Wildman–Crippen MR) is 98.7 cm³/mol. The monoisotopic (exact) mass is 412 g/mol. The number of hydrogen-bond acceptors (Lipinski definition) is 6. The van der Waals surface area contributed by atoms with Gasteiger partial charge in [-0.2, -0.15) is 4.31 Å².